The number of primary amides is 1. The summed E-state index contributed by atoms with van der Waals surface area (Å²) in [5, 5.41) is 7.27. The van der Waals surface area contributed by atoms with E-state index in [1.807, 2.05) is 30.3 Å². The molecule has 2 aliphatic heterocycles. The van der Waals surface area contributed by atoms with E-state index in [0.717, 1.165) is 31.5 Å². The number of hydrogen-bond donors (Lipinski definition) is 2. The van der Waals surface area contributed by atoms with Gasteiger partial charge in [-0.15, -0.1) is 0 Å². The Kier molecular flexibility index (Phi) is 6.73. The molecule has 0 bridgehead atoms. The van der Waals surface area contributed by atoms with Crippen molar-refractivity contribution in [1.82, 2.24) is 24.7 Å². The van der Waals surface area contributed by atoms with Gasteiger partial charge in [-0.25, -0.2) is 4.52 Å². The van der Waals surface area contributed by atoms with Gasteiger partial charge in [0.15, 0.2) is 0 Å². The molecule has 0 saturated carbocycles. The van der Waals surface area contributed by atoms with E-state index in [0.29, 0.717) is 49.1 Å². The van der Waals surface area contributed by atoms with Crippen LogP contribution in [-0.2, 0) is 11.3 Å². The number of carbonyl (C=O) groups is 3. The lowest BCUT2D eigenvalue weighted by Gasteiger charge is -2.48. The first-order valence-electron chi connectivity index (χ1n) is 12.6. The number of likely N-dealkylation sites (tertiary alicyclic amines) is 2. The van der Waals surface area contributed by atoms with E-state index in [1.54, 1.807) is 33.9 Å². The second-order valence-electron chi connectivity index (χ2n) is 9.71. The number of pyridine rings is 1. The van der Waals surface area contributed by atoms with Crippen LogP contribution in [0.2, 0.25) is 0 Å². The number of aromatic nitrogens is 2. The summed E-state index contributed by atoms with van der Waals surface area (Å²) in [6.45, 7) is 3.05. The van der Waals surface area contributed by atoms with E-state index in [-0.39, 0.29) is 17.7 Å². The monoisotopic (exact) mass is 488 g/mol. The maximum Gasteiger partial charge on any atom is 0.257 e. The number of nitrogens with zero attached hydrogens (tertiary/aromatic N) is 4. The lowest BCUT2D eigenvalue weighted by atomic mass is 9.83. The summed E-state index contributed by atoms with van der Waals surface area (Å²) in [6, 6.07) is 12.8. The molecule has 0 radical (unpaired) electrons. The fourth-order valence-corrected chi connectivity index (χ4v) is 5.46. The summed E-state index contributed by atoms with van der Waals surface area (Å²) in [5.74, 6) is -0.540. The van der Waals surface area contributed by atoms with Crippen molar-refractivity contribution in [3.05, 3.63) is 71.5 Å². The molecule has 5 rings (SSSR count). The molecule has 2 aromatic heterocycles. The van der Waals surface area contributed by atoms with Gasteiger partial charge in [-0.1, -0.05) is 24.6 Å². The maximum atomic E-state index is 13.5. The van der Waals surface area contributed by atoms with Gasteiger partial charge in [0.1, 0.15) is 5.54 Å². The molecule has 3 N–H and O–H groups in total. The van der Waals surface area contributed by atoms with Gasteiger partial charge in [0.05, 0.1) is 17.3 Å². The minimum atomic E-state index is -0.664. The first-order valence-corrected chi connectivity index (χ1v) is 12.6. The molecule has 4 heterocycles. The topological polar surface area (TPSA) is 113 Å². The van der Waals surface area contributed by atoms with Gasteiger partial charge in [0.25, 0.3) is 11.8 Å². The minimum Gasteiger partial charge on any atom is -0.368 e. The van der Waals surface area contributed by atoms with Crippen LogP contribution in [0, 0.1) is 0 Å². The van der Waals surface area contributed by atoms with Crippen LogP contribution in [0.25, 0.3) is 5.52 Å². The van der Waals surface area contributed by atoms with Crippen LogP contribution >= 0.6 is 0 Å². The molecule has 2 fully saturated rings. The molecule has 0 atom stereocenters. The number of hydrogen-bond acceptors (Lipinski definition) is 5. The Hall–Kier alpha value is -3.72. The molecule has 36 heavy (non-hydrogen) atoms. The van der Waals surface area contributed by atoms with Gasteiger partial charge in [0, 0.05) is 31.4 Å². The normalized spacial score (nSPS) is 18.2. The predicted molar refractivity (Wildman–Crippen MR) is 135 cm³/mol. The van der Waals surface area contributed by atoms with Crippen molar-refractivity contribution in [3.8, 4) is 0 Å². The van der Waals surface area contributed by atoms with Crippen LogP contribution in [0.1, 0.15) is 58.4 Å². The highest BCUT2D eigenvalue weighted by molar-refractivity contribution is 6.01. The predicted octanol–water partition coefficient (Wildman–Crippen LogP) is 2.21. The quantitative estimate of drug-likeness (QED) is 0.552. The number of nitrogens with two attached hydrogens (primary N) is 1. The molecule has 188 valence electrons. The number of amides is 3. The van der Waals surface area contributed by atoms with E-state index in [9.17, 15) is 14.4 Å². The smallest absolute Gasteiger partial charge is 0.257 e. The third-order valence-corrected chi connectivity index (χ3v) is 7.60. The fourth-order valence-electron chi connectivity index (χ4n) is 5.46. The molecule has 3 amide bonds. The SMILES string of the molecule is NC(=O)C1(N2CCCCC2)CCN(C(=O)c2cnn3ccc(CNC(=O)c4ccccc4)cc23)CC1. The second kappa shape index (κ2) is 10.1. The van der Waals surface area contributed by atoms with Gasteiger partial charge in [0.2, 0.25) is 5.91 Å². The Morgan fingerprint density at radius 1 is 0.972 bits per heavy atom. The van der Waals surface area contributed by atoms with E-state index in [4.69, 9.17) is 5.73 Å². The number of benzene rings is 1. The van der Waals surface area contributed by atoms with Gasteiger partial charge in [-0.2, -0.15) is 5.10 Å². The lowest BCUT2D eigenvalue weighted by molar-refractivity contribution is -0.134. The molecule has 2 saturated heterocycles. The third-order valence-electron chi connectivity index (χ3n) is 7.60. The van der Waals surface area contributed by atoms with Crippen molar-refractivity contribution >= 4 is 23.2 Å². The Balaban J connectivity index is 1.28. The zero-order valence-corrected chi connectivity index (χ0v) is 20.4. The number of nitrogens with one attached hydrogen (secondary N) is 1. The van der Waals surface area contributed by atoms with Crippen molar-refractivity contribution in [2.75, 3.05) is 26.2 Å². The first kappa shape index (κ1) is 24.0. The summed E-state index contributed by atoms with van der Waals surface area (Å²) in [5.41, 5.74) is 7.91. The van der Waals surface area contributed by atoms with Crippen molar-refractivity contribution in [1.29, 1.82) is 0 Å². The van der Waals surface area contributed by atoms with E-state index in [1.165, 1.54) is 6.42 Å². The zero-order chi connectivity index (χ0) is 25.1. The van der Waals surface area contributed by atoms with Gasteiger partial charge < -0.3 is 16.0 Å². The highest BCUT2D eigenvalue weighted by Gasteiger charge is 2.46. The average molecular weight is 489 g/mol. The minimum absolute atomic E-state index is 0.104. The number of carbonyl (C=O) groups excluding carboxylic acids is 3. The standard InChI is InChI=1S/C27H32N6O3/c28-26(36)27(32-12-5-2-6-13-32)10-15-31(16-11-27)25(35)22-19-30-33-14-9-20(17-23(22)33)18-29-24(34)21-7-3-1-4-8-21/h1,3-4,7-9,14,17,19H,2,5-6,10-13,15-16,18H2,(H2,28,36)(H,29,34). The average Bonchev–Trinajstić information content (AvgIpc) is 3.35. The highest BCUT2D eigenvalue weighted by atomic mass is 16.2. The lowest BCUT2D eigenvalue weighted by Crippen LogP contribution is -2.63. The number of rotatable bonds is 6. The largest absolute Gasteiger partial charge is 0.368 e. The first-order chi connectivity index (χ1) is 17.5. The molecular formula is C27H32N6O3. The number of fused-ring (bicyclic) bond motifs is 1. The van der Waals surface area contributed by atoms with Crippen LogP contribution in [0.5, 0.6) is 0 Å². The van der Waals surface area contributed by atoms with Crippen LogP contribution < -0.4 is 11.1 Å². The Bertz CT molecular complexity index is 1260. The molecule has 2 aliphatic rings. The third kappa shape index (κ3) is 4.58. The second-order valence-corrected chi connectivity index (χ2v) is 9.71. The summed E-state index contributed by atoms with van der Waals surface area (Å²) in [6.07, 6.45) is 7.81. The van der Waals surface area contributed by atoms with Crippen LogP contribution in [0.4, 0.5) is 0 Å². The van der Waals surface area contributed by atoms with Crippen molar-refractivity contribution in [3.63, 3.8) is 0 Å². The molecule has 0 unspecified atom stereocenters. The van der Waals surface area contributed by atoms with Crippen LogP contribution in [0.3, 0.4) is 0 Å². The van der Waals surface area contributed by atoms with Gasteiger partial charge in [-0.3, -0.25) is 19.3 Å². The van der Waals surface area contributed by atoms with Gasteiger partial charge >= 0.3 is 0 Å². The molecule has 0 aliphatic carbocycles. The van der Waals surface area contributed by atoms with E-state index < -0.39 is 5.54 Å². The zero-order valence-electron chi connectivity index (χ0n) is 20.4. The highest BCUT2D eigenvalue weighted by Crippen LogP contribution is 2.32. The number of piperidine rings is 2. The fraction of sp³-hybridized carbons (Fsp3) is 0.407. The Labute approximate surface area is 210 Å². The summed E-state index contributed by atoms with van der Waals surface area (Å²) in [4.78, 5) is 42.4. The van der Waals surface area contributed by atoms with Gasteiger partial charge in [-0.05, 0) is 68.6 Å². The molecule has 1 aromatic carbocycles. The summed E-state index contributed by atoms with van der Waals surface area (Å²) < 4.78 is 1.67. The molecule has 0 spiro atoms. The molecule has 9 heteroatoms. The Morgan fingerprint density at radius 3 is 2.39 bits per heavy atom. The molecule has 9 nitrogen and oxygen atoms in total. The molecule has 3 aromatic rings. The van der Waals surface area contributed by atoms with Crippen LogP contribution in [-0.4, -0.2) is 68.9 Å². The summed E-state index contributed by atoms with van der Waals surface area (Å²) in [7, 11) is 0. The molecular weight excluding hydrogens is 456 g/mol. The maximum absolute atomic E-state index is 13.5. The van der Waals surface area contributed by atoms with E-state index in [2.05, 4.69) is 15.3 Å². The van der Waals surface area contributed by atoms with Crippen molar-refractivity contribution in [2.45, 2.75) is 44.2 Å². The van der Waals surface area contributed by atoms with Crippen molar-refractivity contribution in [2.24, 2.45) is 5.73 Å². The van der Waals surface area contributed by atoms with Crippen LogP contribution in [0.15, 0.2) is 54.9 Å². The Morgan fingerprint density at radius 2 is 1.69 bits per heavy atom. The van der Waals surface area contributed by atoms with Crippen molar-refractivity contribution < 1.29 is 14.4 Å². The van der Waals surface area contributed by atoms with E-state index >= 15 is 0 Å². The summed E-state index contributed by atoms with van der Waals surface area (Å²) >= 11 is 0.